The molecule has 304 valence electrons. The van der Waals surface area contributed by atoms with Crippen LogP contribution in [0.15, 0.2) is 125 Å². The molecule has 0 aliphatic heterocycles. The van der Waals surface area contributed by atoms with Crippen LogP contribution in [0.3, 0.4) is 0 Å². The predicted molar refractivity (Wildman–Crippen MR) is 254 cm³/mol. The minimum Gasteiger partial charge on any atom is -0.342 e. The van der Waals surface area contributed by atoms with Gasteiger partial charge in [-0.3, -0.25) is 0 Å². The van der Waals surface area contributed by atoms with Gasteiger partial charge in [0.05, 0.1) is 39.2 Å². The van der Waals surface area contributed by atoms with Crippen molar-refractivity contribution >= 4 is 50.5 Å². The zero-order chi connectivity index (χ0) is 41.1. The Morgan fingerprint density at radius 1 is 0.509 bits per heavy atom. The maximum atomic E-state index is 6.68. The molecule has 0 spiro atoms. The largest absolute Gasteiger partial charge is 2.00 e. The van der Waals surface area contributed by atoms with Crippen molar-refractivity contribution < 1.29 is 17.1 Å². The van der Waals surface area contributed by atoms with Gasteiger partial charge in [0.15, 0.2) is 0 Å². The van der Waals surface area contributed by atoms with E-state index in [-0.39, 0.29) is 17.1 Å². The number of benzene rings is 4. The molecule has 1 aromatic heterocycles. The van der Waals surface area contributed by atoms with Gasteiger partial charge in [0.2, 0.25) is 0 Å². The fourth-order valence-electron chi connectivity index (χ4n) is 6.29. The Morgan fingerprint density at radius 2 is 0.877 bits per heavy atom. The first-order valence-electron chi connectivity index (χ1n) is 20.8. The van der Waals surface area contributed by atoms with Crippen LogP contribution in [0.5, 0.6) is 0 Å². The van der Waals surface area contributed by atoms with Crippen LogP contribution in [0.2, 0.25) is 41.3 Å². The summed E-state index contributed by atoms with van der Waals surface area (Å²) in [6.45, 7) is 28.5. The topological polar surface area (TPSA) is 37.6 Å². The van der Waals surface area contributed by atoms with Gasteiger partial charge in [-0.2, -0.15) is 0 Å². The minimum absolute atomic E-state index is 0. The average molecular weight is 857 g/mol. The molecule has 0 saturated heterocycles. The summed E-state index contributed by atoms with van der Waals surface area (Å²) in [6.07, 6.45) is 1.73. The van der Waals surface area contributed by atoms with E-state index in [0.29, 0.717) is 5.02 Å². The van der Waals surface area contributed by atoms with Crippen LogP contribution in [0.25, 0.3) is 0 Å². The van der Waals surface area contributed by atoms with Gasteiger partial charge in [-0.1, -0.05) is 216 Å². The number of aliphatic imine (C=N–C) groups is 2. The summed E-state index contributed by atoms with van der Waals surface area (Å²) in [5, 5.41) is 0.627. The van der Waals surface area contributed by atoms with E-state index in [1.54, 1.807) is 0 Å². The Balaban J connectivity index is 0.000000556. The van der Waals surface area contributed by atoms with E-state index in [1.807, 2.05) is 66.7 Å². The Morgan fingerprint density at radius 3 is 1.26 bits per heavy atom. The first-order valence-corrected chi connectivity index (χ1v) is 26.8. The normalized spacial score (nSPS) is 11.8. The van der Waals surface area contributed by atoms with Crippen molar-refractivity contribution in [3.05, 3.63) is 173 Å². The van der Waals surface area contributed by atoms with Crippen LogP contribution < -0.4 is 0 Å². The number of hydrogen-bond acceptors (Lipinski definition) is 3. The molecule has 1 heterocycles. The maximum Gasteiger partial charge on any atom is 2.00 e. The van der Waals surface area contributed by atoms with E-state index in [4.69, 9.17) is 26.6 Å². The van der Waals surface area contributed by atoms with Crippen LogP contribution in [-0.2, 0) is 29.9 Å². The Labute approximate surface area is 364 Å². The van der Waals surface area contributed by atoms with E-state index in [9.17, 15) is 0 Å². The molecule has 57 heavy (non-hydrogen) atoms. The van der Waals surface area contributed by atoms with Crippen molar-refractivity contribution in [2.75, 3.05) is 0 Å². The van der Waals surface area contributed by atoms with Crippen LogP contribution >= 0.6 is 11.6 Å². The summed E-state index contributed by atoms with van der Waals surface area (Å²) in [5.41, 5.74) is 10.3. The smallest absolute Gasteiger partial charge is 0.342 e. The third kappa shape index (κ3) is 14.4. The number of para-hydroxylation sites is 2. The van der Waals surface area contributed by atoms with Gasteiger partial charge < -0.3 is 13.1 Å². The van der Waals surface area contributed by atoms with Gasteiger partial charge in [-0.05, 0) is 54.7 Å². The molecule has 0 atom stereocenters. The molecule has 0 unspecified atom stereocenters. The zero-order valence-electron chi connectivity index (χ0n) is 36.1. The number of nitrogens with zero attached hydrogens (tertiary/aromatic N) is 3. The molecule has 0 aliphatic carbocycles. The fraction of sp³-hybridized carbons (Fsp3) is 0.340. The summed E-state index contributed by atoms with van der Waals surface area (Å²) in [7, 11) is -1.84. The Hall–Kier alpha value is -3.39. The second-order valence-electron chi connectivity index (χ2n) is 14.7. The molecular formula is C50H66ClFeN3Si2. The maximum absolute atomic E-state index is 6.68. The van der Waals surface area contributed by atoms with Gasteiger partial charge in [-0.15, -0.1) is 0 Å². The standard InChI is InChI=1S/C36H32ClN3.2C7H17Si.Fe/c1-4-26-20-12-15-25(3)33(26)39-35(28-16-8-6-9-17-28)31-23-14-24-32(38-31)36(29-18-10-7-11-19-29)40-34-27(5-2)21-13-22-30(34)37;2*1-5-8(4,6-2)7-3;/h6-24H,4-5H2,1-3H3;2*4-7H2,1-3H3;/q;2*-1;+2. The van der Waals surface area contributed by atoms with E-state index >= 15 is 0 Å². The number of rotatable bonds is 14. The monoisotopic (exact) mass is 855 g/mol. The van der Waals surface area contributed by atoms with Crippen molar-refractivity contribution in [3.63, 3.8) is 0 Å². The first-order chi connectivity index (χ1) is 26.9. The molecule has 5 aromatic rings. The van der Waals surface area contributed by atoms with E-state index < -0.39 is 16.1 Å². The molecule has 0 radical (unpaired) electrons. The zero-order valence-corrected chi connectivity index (χ0v) is 40.0. The minimum atomic E-state index is -0.921. The average Bonchev–Trinajstić information content (AvgIpc) is 3.25. The van der Waals surface area contributed by atoms with Crippen molar-refractivity contribution in [3.8, 4) is 0 Å². The Kier molecular flexibility index (Phi) is 22.0. The summed E-state index contributed by atoms with van der Waals surface area (Å²) < 4.78 is 0. The summed E-state index contributed by atoms with van der Waals surface area (Å²) in [4.78, 5) is 15.6. The predicted octanol–water partition coefficient (Wildman–Crippen LogP) is 15.2. The number of hydrogen-bond donors (Lipinski definition) is 0. The van der Waals surface area contributed by atoms with E-state index in [1.165, 1.54) is 41.8 Å². The third-order valence-electron chi connectivity index (χ3n) is 11.4. The molecule has 3 nitrogen and oxygen atoms in total. The molecule has 0 N–H and O–H groups in total. The molecule has 5 rings (SSSR count). The summed E-state index contributed by atoms with van der Waals surface area (Å²) in [6, 6.07) is 46.8. The molecule has 7 heteroatoms. The molecule has 0 saturated carbocycles. The Bertz CT molecular complexity index is 1830. The van der Waals surface area contributed by atoms with Gasteiger partial charge in [0.1, 0.15) is 0 Å². The molecule has 0 fully saturated rings. The summed E-state index contributed by atoms with van der Waals surface area (Å²) >= 11 is 6.68. The fourth-order valence-corrected chi connectivity index (χ4v) is 9.53. The van der Waals surface area contributed by atoms with Crippen molar-refractivity contribution in [2.45, 2.75) is 111 Å². The van der Waals surface area contributed by atoms with E-state index in [2.05, 4.69) is 124 Å². The number of aromatic nitrogens is 1. The van der Waals surface area contributed by atoms with Crippen molar-refractivity contribution in [1.29, 1.82) is 0 Å². The van der Waals surface area contributed by atoms with Crippen LogP contribution in [-0.4, -0.2) is 32.6 Å². The van der Waals surface area contributed by atoms with Crippen molar-refractivity contribution in [2.24, 2.45) is 9.98 Å². The summed E-state index contributed by atoms with van der Waals surface area (Å²) in [5.74, 6) is 0. The van der Waals surface area contributed by atoms with Crippen molar-refractivity contribution in [1.82, 2.24) is 4.98 Å². The van der Waals surface area contributed by atoms with E-state index in [0.717, 1.165) is 69.3 Å². The van der Waals surface area contributed by atoms with Gasteiger partial charge in [0.25, 0.3) is 0 Å². The quantitative estimate of drug-likeness (QED) is 0.0623. The molecule has 0 amide bonds. The first kappa shape index (κ1) is 49.8. The number of halogens is 1. The van der Waals surface area contributed by atoms with Gasteiger partial charge in [0, 0.05) is 11.1 Å². The SMILES string of the molecule is CCc1cccc(C)c1N=C(c1ccccc1)c1cccc(C(=Nc2c(Cl)cccc2CC)c2ccccc2)n1.[CH2-][Si](CC)(CC)CC.[CH2-][Si](CC)(CC)CC.[Fe+2]. The molecule has 0 bridgehead atoms. The third-order valence-corrected chi connectivity index (χ3v) is 20.7. The van der Waals surface area contributed by atoms with Gasteiger partial charge in [-0.25, -0.2) is 15.0 Å². The second-order valence-corrected chi connectivity index (χ2v) is 25.4. The van der Waals surface area contributed by atoms with Crippen LogP contribution in [0.1, 0.15) is 94.6 Å². The van der Waals surface area contributed by atoms with Gasteiger partial charge >= 0.3 is 17.1 Å². The molecule has 0 aliphatic rings. The molecular weight excluding hydrogens is 790 g/mol. The van der Waals surface area contributed by atoms with Crippen LogP contribution in [0, 0.1) is 20.0 Å². The van der Waals surface area contributed by atoms with Crippen LogP contribution in [0.4, 0.5) is 11.4 Å². The number of pyridine rings is 1. The number of aryl methyl sites for hydroxylation is 3. The second kappa shape index (κ2) is 25.2. The molecule has 4 aromatic carbocycles.